The Bertz CT molecular complexity index is 1080. The summed E-state index contributed by atoms with van der Waals surface area (Å²) in [7, 11) is 0. The standard InChI is InChI=1S/C27H38N4O3S2/c1-4-6-8-9-10-11-13-31-26(33)23(36-27(31)35)18-21-20(3)22(19-28)25(32)30(12-7-5-2)24(21)29-14-16-34-17-15-29/h18H,4-17H2,1-3H3/b23-18-. The van der Waals surface area contributed by atoms with Crippen LogP contribution in [0.25, 0.3) is 6.08 Å². The number of anilines is 1. The molecular formula is C27H38N4O3S2. The molecular weight excluding hydrogens is 492 g/mol. The Morgan fingerprint density at radius 3 is 2.36 bits per heavy atom. The Morgan fingerprint density at radius 2 is 1.69 bits per heavy atom. The Balaban J connectivity index is 1.97. The predicted octanol–water partition coefficient (Wildman–Crippen LogP) is 5.23. The summed E-state index contributed by atoms with van der Waals surface area (Å²) in [5.74, 6) is 0.685. The van der Waals surface area contributed by atoms with Crippen molar-refractivity contribution in [3.05, 3.63) is 31.9 Å². The van der Waals surface area contributed by atoms with Crippen molar-refractivity contribution in [3.63, 3.8) is 0 Å². The summed E-state index contributed by atoms with van der Waals surface area (Å²) in [6.45, 7) is 9.68. The van der Waals surface area contributed by atoms with E-state index in [-0.39, 0.29) is 17.0 Å². The number of thioether (sulfide) groups is 1. The summed E-state index contributed by atoms with van der Waals surface area (Å²) in [6.07, 6.45) is 10.5. The van der Waals surface area contributed by atoms with Crippen LogP contribution in [-0.4, -0.2) is 52.5 Å². The molecule has 0 radical (unpaired) electrons. The van der Waals surface area contributed by atoms with Crippen LogP contribution in [0.15, 0.2) is 9.70 Å². The van der Waals surface area contributed by atoms with Gasteiger partial charge in [-0.2, -0.15) is 5.26 Å². The highest BCUT2D eigenvalue weighted by molar-refractivity contribution is 8.26. The molecule has 1 aromatic rings. The van der Waals surface area contributed by atoms with Gasteiger partial charge in [0.2, 0.25) is 0 Å². The molecule has 2 saturated heterocycles. The molecule has 2 aliphatic heterocycles. The second-order valence-corrected chi connectivity index (χ2v) is 11.0. The Labute approximate surface area is 224 Å². The number of nitriles is 1. The summed E-state index contributed by atoms with van der Waals surface area (Å²) >= 11 is 6.88. The van der Waals surface area contributed by atoms with Crippen LogP contribution >= 0.6 is 24.0 Å². The SMILES string of the molecule is CCCCCCCCN1C(=O)/C(=C/c2c(C)c(C#N)c(=O)n(CCCC)c2N2CCOCC2)SC1=S. The maximum absolute atomic E-state index is 13.3. The van der Waals surface area contributed by atoms with Crippen molar-refractivity contribution in [3.8, 4) is 6.07 Å². The highest BCUT2D eigenvalue weighted by atomic mass is 32.2. The van der Waals surface area contributed by atoms with Crippen molar-refractivity contribution >= 4 is 46.1 Å². The van der Waals surface area contributed by atoms with Crippen molar-refractivity contribution in [2.45, 2.75) is 78.7 Å². The third-order valence-corrected chi connectivity index (χ3v) is 8.15. The number of amides is 1. The van der Waals surface area contributed by atoms with Gasteiger partial charge in [-0.3, -0.25) is 19.1 Å². The molecule has 2 fully saturated rings. The average Bonchev–Trinajstić information content (AvgIpc) is 3.15. The van der Waals surface area contributed by atoms with Crippen LogP contribution in [-0.2, 0) is 16.1 Å². The van der Waals surface area contributed by atoms with Gasteiger partial charge in [0.1, 0.15) is 21.8 Å². The van der Waals surface area contributed by atoms with Gasteiger partial charge in [-0.1, -0.05) is 76.4 Å². The van der Waals surface area contributed by atoms with Crippen LogP contribution in [0.3, 0.4) is 0 Å². The molecule has 2 aliphatic rings. The second kappa shape index (κ2) is 14.0. The largest absolute Gasteiger partial charge is 0.378 e. The van der Waals surface area contributed by atoms with E-state index >= 15 is 0 Å². The summed E-state index contributed by atoms with van der Waals surface area (Å²) in [5.41, 5.74) is 1.23. The normalized spacial score (nSPS) is 17.3. The molecule has 0 N–H and O–H groups in total. The summed E-state index contributed by atoms with van der Waals surface area (Å²) < 4.78 is 7.86. The van der Waals surface area contributed by atoms with Gasteiger partial charge in [0.15, 0.2) is 0 Å². The Morgan fingerprint density at radius 1 is 1.03 bits per heavy atom. The number of hydrogen-bond acceptors (Lipinski definition) is 7. The van der Waals surface area contributed by atoms with Crippen molar-refractivity contribution in [2.75, 3.05) is 37.7 Å². The first-order valence-electron chi connectivity index (χ1n) is 13.2. The minimum atomic E-state index is -0.266. The third-order valence-electron chi connectivity index (χ3n) is 6.78. The van der Waals surface area contributed by atoms with Gasteiger partial charge in [-0.15, -0.1) is 0 Å². The monoisotopic (exact) mass is 530 g/mol. The van der Waals surface area contributed by atoms with Crippen molar-refractivity contribution in [1.29, 1.82) is 5.26 Å². The number of morpholine rings is 1. The first kappa shape index (κ1) is 28.4. The van der Waals surface area contributed by atoms with E-state index in [1.165, 1.54) is 37.4 Å². The van der Waals surface area contributed by atoms with Gasteiger partial charge in [-0.05, 0) is 31.4 Å². The van der Waals surface area contributed by atoms with E-state index in [9.17, 15) is 14.9 Å². The lowest BCUT2D eigenvalue weighted by molar-refractivity contribution is -0.122. The number of hydrogen-bond donors (Lipinski definition) is 0. The lowest BCUT2D eigenvalue weighted by Gasteiger charge is -2.33. The molecule has 0 spiro atoms. The highest BCUT2D eigenvalue weighted by Crippen LogP contribution is 2.36. The first-order valence-corrected chi connectivity index (χ1v) is 14.4. The molecule has 1 amide bonds. The minimum absolute atomic E-state index is 0.0873. The number of carbonyl (C=O) groups excluding carboxylic acids is 1. The van der Waals surface area contributed by atoms with Crippen LogP contribution in [0, 0.1) is 18.3 Å². The van der Waals surface area contributed by atoms with Gasteiger partial charge in [0.25, 0.3) is 11.5 Å². The van der Waals surface area contributed by atoms with Crippen molar-refractivity contribution in [2.24, 2.45) is 0 Å². The van der Waals surface area contributed by atoms with Crippen molar-refractivity contribution in [1.82, 2.24) is 9.47 Å². The molecule has 0 aliphatic carbocycles. The molecule has 36 heavy (non-hydrogen) atoms. The number of pyridine rings is 1. The van der Waals surface area contributed by atoms with E-state index in [4.69, 9.17) is 17.0 Å². The molecule has 0 saturated carbocycles. The molecule has 0 aromatic carbocycles. The first-order chi connectivity index (χ1) is 17.4. The maximum atomic E-state index is 13.3. The lowest BCUT2D eigenvalue weighted by Crippen LogP contribution is -2.41. The van der Waals surface area contributed by atoms with Gasteiger partial charge in [-0.25, -0.2) is 0 Å². The molecule has 0 unspecified atom stereocenters. The molecule has 7 nitrogen and oxygen atoms in total. The zero-order valence-electron chi connectivity index (χ0n) is 21.8. The molecule has 1 aromatic heterocycles. The molecule has 196 valence electrons. The highest BCUT2D eigenvalue weighted by Gasteiger charge is 2.33. The number of aromatic nitrogens is 1. The topological polar surface area (TPSA) is 78.6 Å². The second-order valence-electron chi connectivity index (χ2n) is 9.36. The molecule has 3 rings (SSSR count). The lowest BCUT2D eigenvalue weighted by atomic mass is 10.0. The maximum Gasteiger partial charge on any atom is 0.270 e. The van der Waals surface area contributed by atoms with E-state index < -0.39 is 0 Å². The quantitative estimate of drug-likeness (QED) is 0.208. The van der Waals surface area contributed by atoms with Crippen LogP contribution in [0.2, 0.25) is 0 Å². The third kappa shape index (κ3) is 6.58. The van der Waals surface area contributed by atoms with Gasteiger partial charge >= 0.3 is 0 Å². The Hall–Kier alpha value is -2.15. The number of carbonyl (C=O) groups is 1. The average molecular weight is 531 g/mol. The fourth-order valence-corrected chi connectivity index (χ4v) is 5.95. The number of ether oxygens (including phenoxy) is 1. The predicted molar refractivity (Wildman–Crippen MR) is 151 cm³/mol. The van der Waals surface area contributed by atoms with Gasteiger partial charge in [0, 0.05) is 31.7 Å². The van der Waals surface area contributed by atoms with Crippen LogP contribution in [0.5, 0.6) is 0 Å². The number of thiocarbonyl (C=S) groups is 1. The zero-order valence-corrected chi connectivity index (χ0v) is 23.4. The van der Waals surface area contributed by atoms with E-state index in [0.29, 0.717) is 54.2 Å². The van der Waals surface area contributed by atoms with E-state index in [2.05, 4.69) is 24.8 Å². The van der Waals surface area contributed by atoms with Crippen LogP contribution in [0.4, 0.5) is 5.82 Å². The van der Waals surface area contributed by atoms with E-state index in [1.54, 1.807) is 16.4 Å². The van der Waals surface area contributed by atoms with Crippen LogP contribution < -0.4 is 10.5 Å². The smallest absolute Gasteiger partial charge is 0.270 e. The summed E-state index contributed by atoms with van der Waals surface area (Å²) in [5, 5.41) is 9.83. The minimum Gasteiger partial charge on any atom is -0.378 e. The van der Waals surface area contributed by atoms with Gasteiger partial charge < -0.3 is 9.64 Å². The Kier molecular flexibility index (Phi) is 11.0. The van der Waals surface area contributed by atoms with Gasteiger partial charge in [0.05, 0.1) is 18.1 Å². The molecule has 3 heterocycles. The summed E-state index contributed by atoms with van der Waals surface area (Å²) in [4.78, 5) is 31.1. The molecule has 9 heteroatoms. The zero-order chi connectivity index (χ0) is 26.1. The van der Waals surface area contributed by atoms with Crippen molar-refractivity contribution < 1.29 is 9.53 Å². The fraction of sp³-hybridized carbons (Fsp3) is 0.630. The van der Waals surface area contributed by atoms with E-state index in [0.717, 1.165) is 37.1 Å². The molecule has 0 bridgehead atoms. The number of rotatable bonds is 12. The number of nitrogens with zero attached hydrogens (tertiary/aromatic N) is 4. The van der Waals surface area contributed by atoms with Crippen LogP contribution in [0.1, 0.15) is 81.9 Å². The number of unbranched alkanes of at least 4 members (excludes halogenated alkanes) is 6. The fourth-order valence-electron chi connectivity index (χ4n) is 4.66. The van der Waals surface area contributed by atoms with E-state index in [1.807, 2.05) is 6.08 Å². The molecule has 0 atom stereocenters. The summed E-state index contributed by atoms with van der Waals surface area (Å²) in [6, 6.07) is 2.12.